The highest BCUT2D eigenvalue weighted by molar-refractivity contribution is 5.90. The van der Waals surface area contributed by atoms with Crippen LogP contribution in [-0.2, 0) is 0 Å². The van der Waals surface area contributed by atoms with Gasteiger partial charge in [-0.2, -0.15) is 0 Å². The fraction of sp³-hybridized carbons (Fsp3) is 0.222. The zero-order chi connectivity index (χ0) is 17.1. The molecule has 24 heavy (non-hydrogen) atoms. The van der Waals surface area contributed by atoms with E-state index in [0.29, 0.717) is 5.89 Å². The molecule has 2 heterocycles. The average molecular weight is 322 g/mol. The molecule has 0 saturated carbocycles. The fourth-order valence-corrected chi connectivity index (χ4v) is 2.54. The summed E-state index contributed by atoms with van der Waals surface area (Å²) in [6.45, 7) is 5.68. The van der Waals surface area contributed by atoms with Gasteiger partial charge in [0.25, 0.3) is 0 Å². The van der Waals surface area contributed by atoms with Gasteiger partial charge in [-0.1, -0.05) is 29.8 Å². The lowest BCUT2D eigenvalue weighted by molar-refractivity contribution is 0.0906. The average Bonchev–Trinajstić information content (AvgIpc) is 3.02. The third kappa shape index (κ3) is 3.32. The molecule has 0 spiro atoms. The normalized spacial score (nSPS) is 12.0. The standard InChI is InChI=1S/C18H18N4O2/c1-11-6-7-12(2)15(9-11)16(14-5-4-8-19-10-14)20-17(23)18-22-21-13(3)24-18/h4-10,16H,1-3H3,(H,20,23). The first-order valence-electron chi connectivity index (χ1n) is 7.62. The first-order chi connectivity index (χ1) is 11.5. The molecule has 1 atom stereocenters. The number of amides is 1. The zero-order valence-corrected chi connectivity index (χ0v) is 13.8. The summed E-state index contributed by atoms with van der Waals surface area (Å²) in [7, 11) is 0. The predicted molar refractivity (Wildman–Crippen MR) is 88.5 cm³/mol. The summed E-state index contributed by atoms with van der Waals surface area (Å²) < 4.78 is 5.22. The predicted octanol–water partition coefficient (Wildman–Crippen LogP) is 2.91. The largest absolute Gasteiger partial charge is 0.417 e. The molecule has 0 bridgehead atoms. The molecule has 1 N–H and O–H groups in total. The molecule has 2 aromatic heterocycles. The Morgan fingerprint density at radius 3 is 2.67 bits per heavy atom. The van der Waals surface area contributed by atoms with E-state index >= 15 is 0 Å². The van der Waals surface area contributed by atoms with Gasteiger partial charge in [0.1, 0.15) is 0 Å². The van der Waals surface area contributed by atoms with Gasteiger partial charge in [0, 0.05) is 19.3 Å². The lowest BCUT2D eigenvalue weighted by Crippen LogP contribution is -2.30. The van der Waals surface area contributed by atoms with Crippen LogP contribution in [-0.4, -0.2) is 21.1 Å². The van der Waals surface area contributed by atoms with Crippen LogP contribution >= 0.6 is 0 Å². The second kappa shape index (κ2) is 6.62. The number of aryl methyl sites for hydroxylation is 3. The molecule has 0 aliphatic carbocycles. The van der Waals surface area contributed by atoms with Crippen molar-refractivity contribution in [2.24, 2.45) is 0 Å². The van der Waals surface area contributed by atoms with Gasteiger partial charge in [-0.3, -0.25) is 9.78 Å². The van der Waals surface area contributed by atoms with Gasteiger partial charge in [-0.25, -0.2) is 0 Å². The van der Waals surface area contributed by atoms with Gasteiger partial charge in [0.05, 0.1) is 6.04 Å². The molecule has 3 aromatic rings. The third-order valence-corrected chi connectivity index (χ3v) is 3.76. The molecular weight excluding hydrogens is 304 g/mol. The molecule has 122 valence electrons. The fourth-order valence-electron chi connectivity index (χ4n) is 2.54. The number of aromatic nitrogens is 3. The van der Waals surface area contributed by atoms with Crippen molar-refractivity contribution in [1.82, 2.24) is 20.5 Å². The van der Waals surface area contributed by atoms with Crippen molar-refractivity contribution >= 4 is 5.91 Å². The minimum atomic E-state index is -0.412. The summed E-state index contributed by atoms with van der Waals surface area (Å²) in [6.07, 6.45) is 3.44. The minimum absolute atomic E-state index is 0.0494. The van der Waals surface area contributed by atoms with Crippen molar-refractivity contribution in [3.63, 3.8) is 0 Å². The molecule has 3 rings (SSSR count). The third-order valence-electron chi connectivity index (χ3n) is 3.76. The number of hydrogen-bond donors (Lipinski definition) is 1. The van der Waals surface area contributed by atoms with Crippen LogP contribution in [0.25, 0.3) is 0 Å². The van der Waals surface area contributed by atoms with Gasteiger partial charge in [-0.15, -0.1) is 10.2 Å². The van der Waals surface area contributed by atoms with E-state index in [1.54, 1.807) is 19.3 Å². The molecule has 1 amide bonds. The molecule has 0 aliphatic rings. The lowest BCUT2D eigenvalue weighted by atomic mass is 9.94. The van der Waals surface area contributed by atoms with Crippen molar-refractivity contribution in [2.45, 2.75) is 26.8 Å². The van der Waals surface area contributed by atoms with Crippen molar-refractivity contribution in [3.8, 4) is 0 Å². The monoisotopic (exact) mass is 322 g/mol. The number of benzene rings is 1. The van der Waals surface area contributed by atoms with E-state index in [2.05, 4.69) is 26.6 Å². The Labute approximate surface area is 140 Å². The van der Waals surface area contributed by atoms with E-state index in [9.17, 15) is 4.79 Å². The van der Waals surface area contributed by atoms with Crippen LogP contribution < -0.4 is 5.32 Å². The van der Waals surface area contributed by atoms with Crippen LogP contribution in [0.15, 0.2) is 47.1 Å². The number of nitrogens with zero attached hydrogens (tertiary/aromatic N) is 3. The zero-order valence-electron chi connectivity index (χ0n) is 13.8. The summed E-state index contributed by atoms with van der Waals surface area (Å²) >= 11 is 0. The van der Waals surface area contributed by atoms with Crippen molar-refractivity contribution in [1.29, 1.82) is 0 Å². The maximum absolute atomic E-state index is 12.5. The smallest absolute Gasteiger partial charge is 0.309 e. The summed E-state index contributed by atoms with van der Waals surface area (Å²) in [5.74, 6) is -0.109. The van der Waals surface area contributed by atoms with E-state index in [1.165, 1.54) is 0 Å². The second-order valence-electron chi connectivity index (χ2n) is 5.68. The first-order valence-corrected chi connectivity index (χ1v) is 7.62. The van der Waals surface area contributed by atoms with Crippen molar-refractivity contribution in [2.75, 3.05) is 0 Å². The molecule has 6 nitrogen and oxygen atoms in total. The van der Waals surface area contributed by atoms with Crippen molar-refractivity contribution < 1.29 is 9.21 Å². The van der Waals surface area contributed by atoms with Crippen LogP contribution in [0.5, 0.6) is 0 Å². The maximum atomic E-state index is 12.5. The number of pyridine rings is 1. The highest BCUT2D eigenvalue weighted by Gasteiger charge is 2.22. The number of carbonyl (C=O) groups is 1. The quantitative estimate of drug-likeness (QED) is 0.799. The second-order valence-corrected chi connectivity index (χ2v) is 5.68. The molecule has 6 heteroatoms. The number of nitrogens with one attached hydrogen (secondary N) is 1. The van der Waals surface area contributed by atoms with Gasteiger partial charge in [-0.05, 0) is 36.6 Å². The van der Waals surface area contributed by atoms with Gasteiger partial charge < -0.3 is 9.73 Å². The number of carbonyl (C=O) groups excluding carboxylic acids is 1. The summed E-state index contributed by atoms with van der Waals surface area (Å²) in [4.78, 5) is 16.6. The molecule has 1 unspecified atom stereocenters. The maximum Gasteiger partial charge on any atom is 0.309 e. The summed E-state index contributed by atoms with van der Waals surface area (Å²) in [6, 6.07) is 9.57. The Hall–Kier alpha value is -3.02. The Morgan fingerprint density at radius 1 is 1.17 bits per heavy atom. The Bertz CT molecular complexity index is 858. The Morgan fingerprint density at radius 2 is 2.00 bits per heavy atom. The molecule has 0 saturated heterocycles. The SMILES string of the molecule is Cc1ccc(C)c(C(NC(=O)c2nnc(C)o2)c2cccnc2)c1. The van der Waals surface area contributed by atoms with E-state index in [4.69, 9.17) is 4.42 Å². The van der Waals surface area contributed by atoms with Crippen LogP contribution in [0.2, 0.25) is 0 Å². The van der Waals surface area contributed by atoms with Crippen molar-refractivity contribution in [3.05, 3.63) is 76.8 Å². The highest BCUT2D eigenvalue weighted by atomic mass is 16.4. The van der Waals surface area contributed by atoms with E-state index in [0.717, 1.165) is 22.3 Å². The van der Waals surface area contributed by atoms with Crippen LogP contribution in [0.4, 0.5) is 0 Å². The molecule has 0 fully saturated rings. The van der Waals surface area contributed by atoms with Gasteiger partial charge in [0.15, 0.2) is 0 Å². The molecule has 1 aromatic carbocycles. The number of rotatable bonds is 4. The lowest BCUT2D eigenvalue weighted by Gasteiger charge is -2.21. The topological polar surface area (TPSA) is 80.9 Å². The Balaban J connectivity index is 1.99. The van der Waals surface area contributed by atoms with Crippen LogP contribution in [0, 0.1) is 20.8 Å². The van der Waals surface area contributed by atoms with Gasteiger partial charge in [0.2, 0.25) is 5.89 Å². The van der Waals surface area contributed by atoms with E-state index in [1.807, 2.05) is 38.1 Å². The highest BCUT2D eigenvalue weighted by Crippen LogP contribution is 2.26. The first kappa shape index (κ1) is 15.9. The molecular formula is C18H18N4O2. The van der Waals surface area contributed by atoms with Gasteiger partial charge >= 0.3 is 11.8 Å². The minimum Gasteiger partial charge on any atom is -0.417 e. The van der Waals surface area contributed by atoms with E-state index in [-0.39, 0.29) is 11.9 Å². The van der Waals surface area contributed by atoms with Crippen LogP contribution in [0.1, 0.15) is 44.9 Å². The molecule has 0 radical (unpaired) electrons. The summed E-state index contributed by atoms with van der Waals surface area (Å²) in [5, 5.41) is 10.5. The Kier molecular flexibility index (Phi) is 4.37. The van der Waals surface area contributed by atoms with E-state index < -0.39 is 5.91 Å². The summed E-state index contributed by atoms with van der Waals surface area (Å²) in [5.41, 5.74) is 4.09. The number of hydrogen-bond acceptors (Lipinski definition) is 5. The van der Waals surface area contributed by atoms with Crippen LogP contribution in [0.3, 0.4) is 0 Å². The molecule has 0 aliphatic heterocycles.